The van der Waals surface area contributed by atoms with Crippen molar-refractivity contribution in [3.05, 3.63) is 34.3 Å². The number of benzene rings is 1. The molecule has 3 N–H and O–H groups in total. The van der Waals surface area contributed by atoms with Crippen molar-refractivity contribution in [2.24, 2.45) is 0 Å². The van der Waals surface area contributed by atoms with Gasteiger partial charge in [-0.25, -0.2) is 0 Å². The second-order valence-corrected chi connectivity index (χ2v) is 5.96. The van der Waals surface area contributed by atoms with E-state index in [-0.39, 0.29) is 24.3 Å². The molecule has 1 aromatic carbocycles. The second-order valence-electron chi connectivity index (χ2n) is 5.04. The molecule has 120 valence electrons. The van der Waals surface area contributed by atoms with E-state index in [1.165, 1.54) is 0 Å². The normalized spacial score (nSPS) is 13.0. The number of carboxylic acids is 1. The Bertz CT molecular complexity index is 545. The van der Waals surface area contributed by atoms with Gasteiger partial charge in [-0.15, -0.1) is 0 Å². The standard InChI is InChI=1S/C15H19BrN2O4/c1-9(3-8-13(19)20)17-14(21)10(2)18-15(22)11-4-6-12(16)7-5-11/h4-7,9-10H,3,8H2,1-2H3,(H,17,21)(H,18,22)(H,19,20). The molecule has 1 aromatic rings. The summed E-state index contributed by atoms with van der Waals surface area (Å²) in [5, 5.41) is 13.9. The minimum atomic E-state index is -0.905. The van der Waals surface area contributed by atoms with E-state index in [1.54, 1.807) is 38.1 Å². The largest absolute Gasteiger partial charge is 0.481 e. The highest BCUT2D eigenvalue weighted by Crippen LogP contribution is 2.10. The van der Waals surface area contributed by atoms with Crippen LogP contribution in [0.1, 0.15) is 37.0 Å². The molecule has 2 unspecified atom stereocenters. The summed E-state index contributed by atoms with van der Waals surface area (Å²) >= 11 is 3.28. The van der Waals surface area contributed by atoms with Crippen molar-refractivity contribution in [2.75, 3.05) is 0 Å². The zero-order valence-corrected chi connectivity index (χ0v) is 14.0. The van der Waals surface area contributed by atoms with E-state index in [4.69, 9.17) is 5.11 Å². The van der Waals surface area contributed by atoms with Gasteiger partial charge in [-0.05, 0) is 44.5 Å². The van der Waals surface area contributed by atoms with Gasteiger partial charge in [0.15, 0.2) is 0 Å². The van der Waals surface area contributed by atoms with Crippen molar-refractivity contribution >= 4 is 33.7 Å². The number of carbonyl (C=O) groups is 3. The molecule has 0 fully saturated rings. The lowest BCUT2D eigenvalue weighted by Gasteiger charge is -2.18. The predicted octanol–water partition coefficient (Wildman–Crippen LogP) is 1.94. The van der Waals surface area contributed by atoms with Crippen LogP contribution in [-0.4, -0.2) is 35.0 Å². The third-order valence-electron chi connectivity index (χ3n) is 3.03. The maximum atomic E-state index is 12.0. The van der Waals surface area contributed by atoms with Gasteiger partial charge >= 0.3 is 5.97 Å². The Balaban J connectivity index is 2.48. The van der Waals surface area contributed by atoms with E-state index in [0.717, 1.165) is 4.47 Å². The van der Waals surface area contributed by atoms with Crippen LogP contribution in [0.5, 0.6) is 0 Å². The smallest absolute Gasteiger partial charge is 0.303 e. The number of nitrogens with one attached hydrogen (secondary N) is 2. The first kappa shape index (κ1) is 18.2. The lowest BCUT2D eigenvalue weighted by molar-refractivity contribution is -0.137. The summed E-state index contributed by atoms with van der Waals surface area (Å²) in [6.45, 7) is 3.31. The molecule has 2 amide bonds. The quantitative estimate of drug-likeness (QED) is 0.683. The molecule has 0 aliphatic rings. The van der Waals surface area contributed by atoms with Gasteiger partial charge in [-0.2, -0.15) is 0 Å². The molecule has 0 aromatic heterocycles. The summed E-state index contributed by atoms with van der Waals surface area (Å²) in [4.78, 5) is 34.4. The molecule has 1 rings (SSSR count). The molecule has 0 spiro atoms. The Labute approximate surface area is 137 Å². The Morgan fingerprint density at radius 2 is 1.73 bits per heavy atom. The van der Waals surface area contributed by atoms with Crippen molar-refractivity contribution < 1.29 is 19.5 Å². The van der Waals surface area contributed by atoms with Gasteiger partial charge in [0.2, 0.25) is 5.91 Å². The van der Waals surface area contributed by atoms with Crippen molar-refractivity contribution in [3.8, 4) is 0 Å². The SMILES string of the molecule is CC(CCC(=O)O)NC(=O)C(C)NC(=O)c1ccc(Br)cc1. The van der Waals surface area contributed by atoms with Crippen LogP contribution in [0.3, 0.4) is 0 Å². The molecule has 0 saturated heterocycles. The van der Waals surface area contributed by atoms with E-state index in [9.17, 15) is 14.4 Å². The Morgan fingerprint density at radius 1 is 1.14 bits per heavy atom. The van der Waals surface area contributed by atoms with Gasteiger partial charge in [-0.1, -0.05) is 15.9 Å². The average Bonchev–Trinajstić information content (AvgIpc) is 2.45. The second kappa shape index (κ2) is 8.53. The van der Waals surface area contributed by atoms with E-state index < -0.39 is 12.0 Å². The lowest BCUT2D eigenvalue weighted by Crippen LogP contribution is -2.47. The molecule has 0 bridgehead atoms. The third-order valence-corrected chi connectivity index (χ3v) is 3.56. The number of amides is 2. The van der Waals surface area contributed by atoms with Crippen molar-refractivity contribution in [3.63, 3.8) is 0 Å². The average molecular weight is 371 g/mol. The van der Waals surface area contributed by atoms with E-state index in [1.807, 2.05) is 0 Å². The zero-order chi connectivity index (χ0) is 16.7. The molecule has 2 atom stereocenters. The Morgan fingerprint density at radius 3 is 2.27 bits per heavy atom. The molecule has 22 heavy (non-hydrogen) atoms. The van der Waals surface area contributed by atoms with Gasteiger partial charge in [-0.3, -0.25) is 14.4 Å². The number of halogens is 1. The summed E-state index contributed by atoms with van der Waals surface area (Å²) in [6, 6.07) is 5.82. The highest BCUT2D eigenvalue weighted by Gasteiger charge is 2.18. The summed E-state index contributed by atoms with van der Waals surface area (Å²) in [6.07, 6.45) is 0.329. The molecule has 6 nitrogen and oxygen atoms in total. The van der Waals surface area contributed by atoms with Crippen LogP contribution in [0.4, 0.5) is 0 Å². The van der Waals surface area contributed by atoms with Crippen LogP contribution in [-0.2, 0) is 9.59 Å². The predicted molar refractivity (Wildman–Crippen MR) is 85.5 cm³/mol. The summed E-state index contributed by atoms with van der Waals surface area (Å²) in [7, 11) is 0. The minimum Gasteiger partial charge on any atom is -0.481 e. The summed E-state index contributed by atoms with van der Waals surface area (Å²) < 4.78 is 0.863. The summed E-state index contributed by atoms with van der Waals surface area (Å²) in [5.41, 5.74) is 0.460. The molecule has 0 radical (unpaired) electrons. The summed E-state index contributed by atoms with van der Waals surface area (Å²) in [5.74, 6) is -1.59. The first-order valence-electron chi connectivity index (χ1n) is 6.88. The van der Waals surface area contributed by atoms with Gasteiger partial charge in [0, 0.05) is 22.5 Å². The van der Waals surface area contributed by atoms with E-state index >= 15 is 0 Å². The Kier molecular flexibility index (Phi) is 7.04. The Hall–Kier alpha value is -1.89. The molecule has 0 aliphatic heterocycles. The first-order chi connectivity index (χ1) is 10.3. The molecule has 0 aliphatic carbocycles. The maximum Gasteiger partial charge on any atom is 0.303 e. The van der Waals surface area contributed by atoms with E-state index in [2.05, 4.69) is 26.6 Å². The van der Waals surface area contributed by atoms with Crippen molar-refractivity contribution in [1.82, 2.24) is 10.6 Å². The molecule has 7 heteroatoms. The number of rotatable bonds is 7. The third kappa shape index (κ3) is 6.26. The van der Waals surface area contributed by atoms with Crippen LogP contribution in [0.15, 0.2) is 28.7 Å². The molecular formula is C15H19BrN2O4. The first-order valence-corrected chi connectivity index (χ1v) is 7.67. The van der Waals surface area contributed by atoms with Crippen LogP contribution >= 0.6 is 15.9 Å². The van der Waals surface area contributed by atoms with Gasteiger partial charge in [0.1, 0.15) is 6.04 Å². The number of hydrogen-bond donors (Lipinski definition) is 3. The number of carboxylic acid groups (broad SMARTS) is 1. The maximum absolute atomic E-state index is 12.0. The molecule has 0 heterocycles. The van der Waals surface area contributed by atoms with Crippen LogP contribution in [0.2, 0.25) is 0 Å². The van der Waals surface area contributed by atoms with Gasteiger partial charge < -0.3 is 15.7 Å². The van der Waals surface area contributed by atoms with Crippen LogP contribution in [0, 0.1) is 0 Å². The lowest BCUT2D eigenvalue weighted by atomic mass is 10.1. The fraction of sp³-hybridized carbons (Fsp3) is 0.400. The number of hydrogen-bond acceptors (Lipinski definition) is 3. The topological polar surface area (TPSA) is 95.5 Å². The van der Waals surface area contributed by atoms with E-state index in [0.29, 0.717) is 12.0 Å². The van der Waals surface area contributed by atoms with Crippen molar-refractivity contribution in [1.29, 1.82) is 0 Å². The molecule has 0 saturated carbocycles. The number of carbonyl (C=O) groups excluding carboxylic acids is 2. The number of aliphatic carboxylic acids is 1. The fourth-order valence-electron chi connectivity index (χ4n) is 1.73. The monoisotopic (exact) mass is 370 g/mol. The van der Waals surface area contributed by atoms with Crippen molar-refractivity contribution in [2.45, 2.75) is 38.8 Å². The molecular weight excluding hydrogens is 352 g/mol. The van der Waals surface area contributed by atoms with Gasteiger partial charge in [0.05, 0.1) is 0 Å². The van der Waals surface area contributed by atoms with Gasteiger partial charge in [0.25, 0.3) is 5.91 Å². The van der Waals surface area contributed by atoms with Crippen LogP contribution in [0.25, 0.3) is 0 Å². The zero-order valence-electron chi connectivity index (χ0n) is 12.4. The fourth-order valence-corrected chi connectivity index (χ4v) is 1.99. The minimum absolute atomic E-state index is 0.0128. The van der Waals surface area contributed by atoms with Crippen LogP contribution < -0.4 is 10.6 Å². The highest BCUT2D eigenvalue weighted by molar-refractivity contribution is 9.10. The highest BCUT2D eigenvalue weighted by atomic mass is 79.9.